The molecule has 2 heterocycles. The van der Waals surface area contributed by atoms with Crippen molar-refractivity contribution < 1.29 is 0 Å². The van der Waals surface area contributed by atoms with Crippen molar-refractivity contribution in [1.29, 1.82) is 0 Å². The van der Waals surface area contributed by atoms with Crippen LogP contribution in [-0.4, -0.2) is 20.1 Å². The fourth-order valence-corrected chi connectivity index (χ4v) is 3.31. The summed E-state index contributed by atoms with van der Waals surface area (Å²) < 4.78 is 0. The van der Waals surface area contributed by atoms with Crippen molar-refractivity contribution in [2.45, 2.75) is 45.1 Å². The number of benzene rings is 1. The maximum Gasteiger partial charge on any atom is 0.0431 e. The second-order valence-corrected chi connectivity index (χ2v) is 6.21. The zero-order chi connectivity index (χ0) is 12.8. The lowest BCUT2D eigenvalue weighted by atomic mass is 9.85. The highest BCUT2D eigenvalue weighted by atomic mass is 15.1. The van der Waals surface area contributed by atoms with E-state index >= 15 is 0 Å². The first-order valence-corrected chi connectivity index (χ1v) is 7.22. The normalized spacial score (nSPS) is 18.7. The molecule has 2 heteroatoms. The first kappa shape index (κ1) is 12.0. The predicted octanol–water partition coefficient (Wildman–Crippen LogP) is 2.84. The minimum atomic E-state index is 0.0747. The average molecular weight is 244 g/mol. The summed E-state index contributed by atoms with van der Waals surface area (Å²) in [6.45, 7) is 7.05. The Balaban J connectivity index is 2.12. The van der Waals surface area contributed by atoms with Gasteiger partial charge in [-0.1, -0.05) is 12.1 Å². The van der Waals surface area contributed by atoms with Gasteiger partial charge in [0.25, 0.3) is 0 Å². The smallest absolute Gasteiger partial charge is 0.0431 e. The molecule has 98 valence electrons. The van der Waals surface area contributed by atoms with Crippen LogP contribution in [0.3, 0.4) is 0 Å². The van der Waals surface area contributed by atoms with Gasteiger partial charge in [-0.2, -0.15) is 0 Å². The van der Waals surface area contributed by atoms with Gasteiger partial charge >= 0.3 is 0 Å². The van der Waals surface area contributed by atoms with E-state index in [1.807, 2.05) is 0 Å². The maximum absolute atomic E-state index is 3.43. The molecule has 0 bridgehead atoms. The van der Waals surface area contributed by atoms with Gasteiger partial charge < -0.3 is 10.2 Å². The third-order valence-electron chi connectivity index (χ3n) is 4.68. The molecule has 18 heavy (non-hydrogen) atoms. The quantitative estimate of drug-likeness (QED) is 0.860. The van der Waals surface area contributed by atoms with Gasteiger partial charge in [0.15, 0.2) is 0 Å². The summed E-state index contributed by atoms with van der Waals surface area (Å²) in [4.78, 5) is 2.60. The molecular weight excluding hydrogens is 220 g/mol. The monoisotopic (exact) mass is 244 g/mol. The molecule has 0 saturated carbocycles. The van der Waals surface area contributed by atoms with Crippen LogP contribution in [0.2, 0.25) is 0 Å². The predicted molar refractivity (Wildman–Crippen MR) is 77.4 cm³/mol. The lowest BCUT2D eigenvalue weighted by molar-refractivity contribution is 0.443. The molecule has 0 fully saturated rings. The number of aryl methyl sites for hydroxylation is 2. The zero-order valence-corrected chi connectivity index (χ0v) is 11.8. The van der Waals surface area contributed by atoms with Gasteiger partial charge in [-0.05, 0) is 63.3 Å². The summed E-state index contributed by atoms with van der Waals surface area (Å²) in [5, 5.41) is 3.43. The summed E-state index contributed by atoms with van der Waals surface area (Å²) in [7, 11) is 2.05. The van der Waals surface area contributed by atoms with E-state index in [9.17, 15) is 0 Å². The van der Waals surface area contributed by atoms with Crippen LogP contribution < -0.4 is 10.2 Å². The highest BCUT2D eigenvalue weighted by molar-refractivity contribution is 5.64. The zero-order valence-electron chi connectivity index (χ0n) is 11.8. The van der Waals surface area contributed by atoms with E-state index in [2.05, 4.69) is 43.2 Å². The van der Waals surface area contributed by atoms with E-state index in [1.165, 1.54) is 44.3 Å². The molecule has 3 rings (SSSR count). The molecule has 0 aliphatic carbocycles. The van der Waals surface area contributed by atoms with Crippen LogP contribution in [0.25, 0.3) is 0 Å². The molecule has 1 aromatic rings. The fraction of sp³-hybridized carbons (Fsp3) is 0.625. The topological polar surface area (TPSA) is 15.3 Å². The highest BCUT2D eigenvalue weighted by Crippen LogP contribution is 2.38. The Labute approximate surface area is 110 Å². The molecule has 1 N–H and O–H groups in total. The van der Waals surface area contributed by atoms with E-state index in [0.717, 1.165) is 0 Å². The molecule has 2 nitrogen and oxygen atoms in total. The number of hydrogen-bond donors (Lipinski definition) is 1. The Morgan fingerprint density at radius 1 is 1.06 bits per heavy atom. The molecule has 0 amide bonds. The summed E-state index contributed by atoms with van der Waals surface area (Å²) in [5.74, 6) is 0. The van der Waals surface area contributed by atoms with Gasteiger partial charge in [-0.25, -0.2) is 0 Å². The standard InChI is InChI=1S/C16H24N2/c1-16(2,17-3)14-10-12-6-4-8-18-9-5-7-13(11-14)15(12)18/h10-11,17H,4-9H2,1-3H3. The van der Waals surface area contributed by atoms with Crippen LogP contribution in [0, 0.1) is 0 Å². The minimum absolute atomic E-state index is 0.0747. The first-order chi connectivity index (χ1) is 8.62. The molecule has 0 spiro atoms. The highest BCUT2D eigenvalue weighted by Gasteiger charge is 2.27. The summed E-state index contributed by atoms with van der Waals surface area (Å²) in [6.07, 6.45) is 5.14. The average Bonchev–Trinajstić information content (AvgIpc) is 2.39. The first-order valence-electron chi connectivity index (χ1n) is 7.22. The Bertz CT molecular complexity index is 431. The molecule has 2 aliphatic rings. The summed E-state index contributed by atoms with van der Waals surface area (Å²) in [5.41, 5.74) is 6.25. The molecule has 1 aromatic carbocycles. The lowest BCUT2D eigenvalue weighted by Crippen LogP contribution is -2.37. The molecule has 0 radical (unpaired) electrons. The van der Waals surface area contributed by atoms with Gasteiger partial charge in [-0.3, -0.25) is 0 Å². The molecule has 0 unspecified atom stereocenters. The van der Waals surface area contributed by atoms with Crippen LogP contribution in [0.5, 0.6) is 0 Å². The second-order valence-electron chi connectivity index (χ2n) is 6.21. The minimum Gasteiger partial charge on any atom is -0.371 e. The molecule has 0 atom stereocenters. The van der Waals surface area contributed by atoms with Crippen LogP contribution in [0.4, 0.5) is 5.69 Å². The van der Waals surface area contributed by atoms with Crippen molar-refractivity contribution in [3.63, 3.8) is 0 Å². The van der Waals surface area contributed by atoms with Gasteiger partial charge in [0.05, 0.1) is 0 Å². The summed E-state index contributed by atoms with van der Waals surface area (Å²) >= 11 is 0. The molecule has 2 aliphatic heterocycles. The van der Waals surface area contributed by atoms with E-state index < -0.39 is 0 Å². The van der Waals surface area contributed by atoms with Crippen molar-refractivity contribution in [3.05, 3.63) is 28.8 Å². The van der Waals surface area contributed by atoms with Gasteiger partial charge in [-0.15, -0.1) is 0 Å². The van der Waals surface area contributed by atoms with Crippen molar-refractivity contribution in [2.24, 2.45) is 0 Å². The SMILES string of the molecule is CNC(C)(C)c1cc2c3c(c1)CCCN3CCC2. The van der Waals surface area contributed by atoms with Crippen LogP contribution in [0.1, 0.15) is 43.4 Å². The van der Waals surface area contributed by atoms with Crippen molar-refractivity contribution in [1.82, 2.24) is 5.32 Å². The van der Waals surface area contributed by atoms with Crippen LogP contribution in [-0.2, 0) is 18.4 Å². The van der Waals surface area contributed by atoms with E-state index in [0.29, 0.717) is 0 Å². The molecule has 0 aromatic heterocycles. The third kappa shape index (κ3) is 1.83. The molecular formula is C16H24N2. The fourth-order valence-electron chi connectivity index (χ4n) is 3.31. The third-order valence-corrected chi connectivity index (χ3v) is 4.68. The van der Waals surface area contributed by atoms with Gasteiger partial charge in [0.1, 0.15) is 0 Å². The Morgan fingerprint density at radius 3 is 2.11 bits per heavy atom. The van der Waals surface area contributed by atoms with E-state index in [1.54, 1.807) is 16.8 Å². The van der Waals surface area contributed by atoms with Crippen LogP contribution in [0.15, 0.2) is 12.1 Å². The van der Waals surface area contributed by atoms with Gasteiger partial charge in [0, 0.05) is 24.3 Å². The molecule has 0 saturated heterocycles. The van der Waals surface area contributed by atoms with Crippen molar-refractivity contribution in [2.75, 3.05) is 25.0 Å². The van der Waals surface area contributed by atoms with E-state index in [-0.39, 0.29) is 5.54 Å². The van der Waals surface area contributed by atoms with Crippen molar-refractivity contribution in [3.8, 4) is 0 Å². The Morgan fingerprint density at radius 2 is 1.61 bits per heavy atom. The van der Waals surface area contributed by atoms with Crippen LogP contribution >= 0.6 is 0 Å². The Hall–Kier alpha value is -1.02. The number of nitrogens with one attached hydrogen (secondary N) is 1. The largest absolute Gasteiger partial charge is 0.371 e. The number of hydrogen-bond acceptors (Lipinski definition) is 2. The summed E-state index contributed by atoms with van der Waals surface area (Å²) in [6, 6.07) is 4.87. The van der Waals surface area contributed by atoms with Crippen molar-refractivity contribution >= 4 is 5.69 Å². The maximum atomic E-state index is 3.43. The number of anilines is 1. The number of rotatable bonds is 2. The Kier molecular flexibility index (Phi) is 2.86. The lowest BCUT2D eigenvalue weighted by Gasteiger charge is -2.38. The number of nitrogens with zero attached hydrogens (tertiary/aromatic N) is 1. The van der Waals surface area contributed by atoms with E-state index in [4.69, 9.17) is 0 Å². The van der Waals surface area contributed by atoms with Gasteiger partial charge in [0.2, 0.25) is 0 Å². The second kappa shape index (κ2) is 4.27.